The number of fused-ring (bicyclic) bond motifs is 3. The van der Waals surface area contributed by atoms with Gasteiger partial charge in [0.1, 0.15) is 22.9 Å². The molecule has 0 radical (unpaired) electrons. The minimum Gasteiger partial charge on any atom is -0.482 e. The van der Waals surface area contributed by atoms with Crippen LogP contribution in [0.3, 0.4) is 0 Å². The number of aromatic nitrogens is 2. The predicted octanol–water partition coefficient (Wildman–Crippen LogP) is 5.61. The summed E-state index contributed by atoms with van der Waals surface area (Å²) in [6.07, 6.45) is -2.63. The Bertz CT molecular complexity index is 1210. The van der Waals surface area contributed by atoms with E-state index in [1.54, 1.807) is 32.2 Å². The van der Waals surface area contributed by atoms with Crippen LogP contribution in [0.1, 0.15) is 5.56 Å². The maximum atomic E-state index is 13.6. The summed E-state index contributed by atoms with van der Waals surface area (Å²) in [5.41, 5.74) is 2.54. The van der Waals surface area contributed by atoms with Crippen molar-refractivity contribution >= 4 is 27.6 Å². The van der Waals surface area contributed by atoms with Crippen molar-refractivity contribution in [2.24, 2.45) is 0 Å². The van der Waals surface area contributed by atoms with Crippen molar-refractivity contribution in [2.75, 3.05) is 19.0 Å². The largest absolute Gasteiger partial charge is 0.482 e. The number of hydrogen-bond donors (Lipinski definition) is 1. The van der Waals surface area contributed by atoms with Gasteiger partial charge in [0.15, 0.2) is 6.61 Å². The normalized spacial score (nSPS) is 11.9. The van der Waals surface area contributed by atoms with Crippen LogP contribution in [0.4, 0.5) is 23.4 Å². The van der Waals surface area contributed by atoms with Crippen LogP contribution in [0, 0.1) is 12.7 Å². The maximum absolute atomic E-state index is 13.6. The van der Waals surface area contributed by atoms with Crippen LogP contribution >= 0.6 is 0 Å². The van der Waals surface area contributed by atoms with Gasteiger partial charge >= 0.3 is 6.18 Å². The van der Waals surface area contributed by atoms with Crippen LogP contribution in [-0.4, -0.2) is 29.4 Å². The number of anilines is 1. The summed E-state index contributed by atoms with van der Waals surface area (Å²) in [5, 5.41) is 4.41. The highest BCUT2D eigenvalue weighted by Crippen LogP contribution is 2.36. The third-order valence-corrected chi connectivity index (χ3v) is 4.67. The van der Waals surface area contributed by atoms with E-state index in [1.165, 1.54) is 18.2 Å². The van der Waals surface area contributed by atoms with Gasteiger partial charge in [0.2, 0.25) is 0 Å². The molecular formula is C21H17F4N3O. The van der Waals surface area contributed by atoms with Crippen molar-refractivity contribution in [3.8, 4) is 11.4 Å². The maximum Gasteiger partial charge on any atom is 0.422 e. The highest BCUT2D eigenvalue weighted by atomic mass is 19.4. The summed E-state index contributed by atoms with van der Waals surface area (Å²) < 4.78 is 58.4. The molecule has 0 bridgehead atoms. The molecule has 0 saturated heterocycles. The van der Waals surface area contributed by atoms with E-state index in [9.17, 15) is 17.6 Å². The Morgan fingerprint density at radius 2 is 1.90 bits per heavy atom. The molecule has 29 heavy (non-hydrogen) atoms. The lowest BCUT2D eigenvalue weighted by atomic mass is 10.1. The Labute approximate surface area is 163 Å². The van der Waals surface area contributed by atoms with Crippen LogP contribution in [0.15, 0.2) is 48.7 Å². The molecule has 1 N–H and O–H groups in total. The Morgan fingerprint density at radius 1 is 1.10 bits per heavy atom. The molecule has 4 nitrogen and oxygen atoms in total. The highest BCUT2D eigenvalue weighted by Gasteiger charge is 2.29. The molecule has 150 valence electrons. The summed E-state index contributed by atoms with van der Waals surface area (Å²) in [5.74, 6) is 0.212. The number of aryl methyl sites for hydroxylation is 1. The van der Waals surface area contributed by atoms with E-state index in [0.29, 0.717) is 16.7 Å². The first-order valence-electron chi connectivity index (χ1n) is 8.86. The first kappa shape index (κ1) is 19.0. The Hall–Kier alpha value is -3.29. The average molecular weight is 403 g/mol. The third kappa shape index (κ3) is 3.46. The molecule has 2 aromatic heterocycles. The first-order valence-corrected chi connectivity index (χ1v) is 8.86. The van der Waals surface area contributed by atoms with Crippen molar-refractivity contribution in [3.63, 3.8) is 0 Å². The van der Waals surface area contributed by atoms with Crippen molar-refractivity contribution in [1.29, 1.82) is 0 Å². The van der Waals surface area contributed by atoms with Crippen LogP contribution in [-0.2, 0) is 0 Å². The number of alkyl halides is 3. The molecule has 0 fully saturated rings. The zero-order valence-electron chi connectivity index (χ0n) is 15.6. The third-order valence-electron chi connectivity index (χ3n) is 4.67. The zero-order valence-corrected chi connectivity index (χ0v) is 15.6. The topological polar surface area (TPSA) is 39.1 Å². The van der Waals surface area contributed by atoms with Gasteiger partial charge in [0, 0.05) is 29.7 Å². The lowest BCUT2D eigenvalue weighted by Crippen LogP contribution is -2.19. The molecule has 0 unspecified atom stereocenters. The van der Waals surface area contributed by atoms with E-state index < -0.39 is 12.8 Å². The number of rotatable bonds is 4. The molecule has 2 heterocycles. The van der Waals surface area contributed by atoms with Gasteiger partial charge in [-0.3, -0.25) is 0 Å². The van der Waals surface area contributed by atoms with Gasteiger partial charge in [0.25, 0.3) is 0 Å². The van der Waals surface area contributed by atoms with Gasteiger partial charge < -0.3 is 14.6 Å². The number of ether oxygens (including phenoxy) is 1. The first-order chi connectivity index (χ1) is 13.8. The number of nitrogens with zero attached hydrogens (tertiary/aromatic N) is 2. The van der Waals surface area contributed by atoms with Crippen LogP contribution in [0.25, 0.3) is 27.5 Å². The molecule has 0 spiro atoms. The van der Waals surface area contributed by atoms with Gasteiger partial charge in [-0.2, -0.15) is 13.2 Å². The van der Waals surface area contributed by atoms with Crippen LogP contribution in [0.5, 0.6) is 5.75 Å². The van der Waals surface area contributed by atoms with E-state index in [0.717, 1.165) is 22.2 Å². The fraction of sp³-hybridized carbons (Fsp3) is 0.190. The van der Waals surface area contributed by atoms with Crippen molar-refractivity contribution < 1.29 is 22.3 Å². The predicted molar refractivity (Wildman–Crippen MR) is 104 cm³/mol. The van der Waals surface area contributed by atoms with Crippen LogP contribution in [0.2, 0.25) is 0 Å². The quantitative estimate of drug-likeness (QED) is 0.450. The summed E-state index contributed by atoms with van der Waals surface area (Å²) in [6.45, 7) is 0.392. The van der Waals surface area contributed by atoms with E-state index >= 15 is 0 Å². The zero-order chi connectivity index (χ0) is 20.8. The van der Waals surface area contributed by atoms with Crippen LogP contribution < -0.4 is 10.1 Å². The summed E-state index contributed by atoms with van der Waals surface area (Å²) >= 11 is 0. The molecule has 4 aromatic rings. The number of pyridine rings is 1. The minimum absolute atomic E-state index is 0.0433. The van der Waals surface area contributed by atoms with Gasteiger partial charge in [-0.15, -0.1) is 0 Å². The summed E-state index contributed by atoms with van der Waals surface area (Å²) in [6, 6.07) is 11.2. The smallest absolute Gasteiger partial charge is 0.422 e. The summed E-state index contributed by atoms with van der Waals surface area (Å²) in [7, 11) is 1.69. The number of nitrogens with one attached hydrogen (secondary N) is 1. The lowest BCUT2D eigenvalue weighted by molar-refractivity contribution is -0.153. The van der Waals surface area contributed by atoms with Gasteiger partial charge in [-0.25, -0.2) is 9.37 Å². The van der Waals surface area contributed by atoms with Gasteiger partial charge in [0.05, 0.1) is 5.52 Å². The Morgan fingerprint density at radius 3 is 2.59 bits per heavy atom. The molecule has 0 saturated carbocycles. The molecule has 0 aliphatic carbocycles. The molecule has 0 amide bonds. The van der Waals surface area contributed by atoms with Gasteiger partial charge in [-0.05, 0) is 42.8 Å². The lowest BCUT2D eigenvalue weighted by Gasteiger charge is -2.15. The SMILES string of the molecule is CNc1nc2c(OCC(F)(F)F)cccc2c2c1ccn2-c1ccc(F)cc1C. The van der Waals surface area contributed by atoms with E-state index in [4.69, 9.17) is 4.74 Å². The van der Waals surface area contributed by atoms with E-state index in [2.05, 4.69) is 10.3 Å². The molecule has 0 aliphatic rings. The van der Waals surface area contributed by atoms with Crippen molar-refractivity contribution in [1.82, 2.24) is 9.55 Å². The Balaban J connectivity index is 2.00. The molecule has 0 aliphatic heterocycles. The standard InChI is InChI=1S/C21H17F4N3O/c1-12-10-13(22)6-7-16(12)28-9-8-15-19(28)14-4-3-5-17(29-11-21(23,24)25)18(14)27-20(15)26-2/h3-10H,11H2,1-2H3,(H,26,27). The molecular weight excluding hydrogens is 386 g/mol. The second-order valence-electron chi connectivity index (χ2n) is 6.65. The van der Waals surface area contributed by atoms with Gasteiger partial charge in [-0.1, -0.05) is 12.1 Å². The summed E-state index contributed by atoms with van der Waals surface area (Å²) in [4.78, 5) is 4.49. The Kier molecular flexibility index (Phi) is 4.56. The highest BCUT2D eigenvalue weighted by molar-refractivity contribution is 6.10. The van der Waals surface area contributed by atoms with Crippen molar-refractivity contribution in [2.45, 2.75) is 13.1 Å². The molecule has 8 heteroatoms. The fourth-order valence-corrected chi connectivity index (χ4v) is 3.46. The monoisotopic (exact) mass is 403 g/mol. The number of benzene rings is 2. The van der Waals surface area contributed by atoms with E-state index in [1.807, 2.05) is 16.8 Å². The van der Waals surface area contributed by atoms with E-state index in [-0.39, 0.29) is 11.6 Å². The average Bonchev–Trinajstić information content (AvgIpc) is 3.10. The number of para-hydroxylation sites is 1. The minimum atomic E-state index is -4.45. The second-order valence-corrected chi connectivity index (χ2v) is 6.65. The fourth-order valence-electron chi connectivity index (χ4n) is 3.46. The van der Waals surface area contributed by atoms with Crippen molar-refractivity contribution in [3.05, 3.63) is 60.0 Å². The second kappa shape index (κ2) is 6.95. The number of hydrogen-bond acceptors (Lipinski definition) is 3. The number of halogens is 4. The molecule has 4 rings (SSSR count). The molecule has 2 aromatic carbocycles. The molecule has 0 atom stereocenters.